The number of ether oxygens (including phenoxy) is 2. The molecule has 2 aromatic carbocycles. The first-order valence-corrected chi connectivity index (χ1v) is 8.86. The summed E-state index contributed by atoms with van der Waals surface area (Å²) in [6.07, 6.45) is -4.97. The number of carbonyl (C=O) groups excluding carboxylic acids is 3. The van der Waals surface area contributed by atoms with Gasteiger partial charge in [0.05, 0.1) is 5.69 Å². The van der Waals surface area contributed by atoms with E-state index in [2.05, 4.69) is 10.1 Å². The fourth-order valence-corrected chi connectivity index (χ4v) is 2.87. The lowest BCUT2D eigenvalue weighted by molar-refractivity contribution is -0.274. The van der Waals surface area contributed by atoms with Crippen LogP contribution in [0.25, 0.3) is 0 Å². The highest BCUT2D eigenvalue weighted by Crippen LogP contribution is 2.33. The second-order valence-corrected chi connectivity index (χ2v) is 6.45. The minimum atomic E-state index is -4.84. The Balaban J connectivity index is 1.67. The SMILES string of the molecule is CC(=O)c1ccc2c(c1)N(CCC(=O)Nc1cccc(OC(F)(F)F)c1)C(=O)CO2. The average Bonchev–Trinajstić information content (AvgIpc) is 2.65. The number of ketones is 1. The van der Waals surface area contributed by atoms with Crippen LogP contribution in [0.2, 0.25) is 0 Å². The van der Waals surface area contributed by atoms with Crippen LogP contribution in [0.3, 0.4) is 0 Å². The topological polar surface area (TPSA) is 84.9 Å². The van der Waals surface area contributed by atoms with Crippen LogP contribution < -0.4 is 19.7 Å². The predicted molar refractivity (Wildman–Crippen MR) is 101 cm³/mol. The molecule has 158 valence electrons. The van der Waals surface area contributed by atoms with Gasteiger partial charge in [0.15, 0.2) is 12.4 Å². The maximum absolute atomic E-state index is 12.3. The minimum absolute atomic E-state index is 0.00112. The van der Waals surface area contributed by atoms with Gasteiger partial charge in [0.1, 0.15) is 11.5 Å². The summed E-state index contributed by atoms with van der Waals surface area (Å²) in [5.41, 5.74) is 0.893. The number of carbonyl (C=O) groups is 3. The van der Waals surface area contributed by atoms with E-state index in [0.29, 0.717) is 17.0 Å². The second kappa shape index (κ2) is 8.44. The zero-order valence-electron chi connectivity index (χ0n) is 15.8. The van der Waals surface area contributed by atoms with E-state index in [1.54, 1.807) is 12.1 Å². The molecule has 0 radical (unpaired) electrons. The maximum atomic E-state index is 12.3. The summed E-state index contributed by atoms with van der Waals surface area (Å²) in [6.45, 7) is 1.19. The predicted octanol–water partition coefficient (Wildman–Crippen LogP) is 3.54. The normalized spacial score (nSPS) is 13.3. The van der Waals surface area contributed by atoms with Crippen LogP contribution in [0.4, 0.5) is 24.5 Å². The second-order valence-electron chi connectivity index (χ2n) is 6.45. The first-order chi connectivity index (χ1) is 14.1. The van der Waals surface area contributed by atoms with E-state index in [9.17, 15) is 27.6 Å². The third-order valence-electron chi connectivity index (χ3n) is 4.22. The molecule has 0 aromatic heterocycles. The smallest absolute Gasteiger partial charge is 0.482 e. The van der Waals surface area contributed by atoms with E-state index >= 15 is 0 Å². The van der Waals surface area contributed by atoms with Crippen LogP contribution in [0.1, 0.15) is 23.7 Å². The largest absolute Gasteiger partial charge is 0.573 e. The molecule has 1 aliphatic heterocycles. The summed E-state index contributed by atoms with van der Waals surface area (Å²) >= 11 is 0. The van der Waals surface area contributed by atoms with E-state index in [4.69, 9.17) is 4.74 Å². The number of hydrogen-bond donors (Lipinski definition) is 1. The van der Waals surface area contributed by atoms with Crippen molar-refractivity contribution in [1.29, 1.82) is 0 Å². The minimum Gasteiger partial charge on any atom is -0.482 e. The molecule has 0 saturated carbocycles. The van der Waals surface area contributed by atoms with Crippen molar-refractivity contribution >= 4 is 29.0 Å². The van der Waals surface area contributed by atoms with Crippen molar-refractivity contribution in [3.63, 3.8) is 0 Å². The van der Waals surface area contributed by atoms with Gasteiger partial charge in [-0.25, -0.2) is 0 Å². The summed E-state index contributed by atoms with van der Waals surface area (Å²) in [7, 11) is 0. The fourth-order valence-electron chi connectivity index (χ4n) is 2.87. The lowest BCUT2D eigenvalue weighted by Crippen LogP contribution is -2.40. The van der Waals surface area contributed by atoms with Gasteiger partial charge in [-0.3, -0.25) is 14.4 Å². The molecular weight excluding hydrogens is 405 g/mol. The van der Waals surface area contributed by atoms with Crippen molar-refractivity contribution in [3.05, 3.63) is 48.0 Å². The van der Waals surface area contributed by atoms with E-state index in [-0.39, 0.29) is 37.0 Å². The Kier molecular flexibility index (Phi) is 5.95. The summed E-state index contributed by atoms with van der Waals surface area (Å²) in [6, 6.07) is 9.55. The summed E-state index contributed by atoms with van der Waals surface area (Å²) < 4.78 is 46.1. The van der Waals surface area contributed by atoms with E-state index in [1.807, 2.05) is 0 Å². The zero-order valence-corrected chi connectivity index (χ0v) is 15.8. The number of nitrogens with zero attached hydrogens (tertiary/aromatic N) is 1. The van der Waals surface area contributed by atoms with Crippen molar-refractivity contribution in [2.45, 2.75) is 19.7 Å². The average molecular weight is 422 g/mol. The molecule has 0 bridgehead atoms. The monoisotopic (exact) mass is 422 g/mol. The van der Waals surface area contributed by atoms with Crippen molar-refractivity contribution in [2.75, 3.05) is 23.4 Å². The standard InChI is InChI=1S/C20H17F3N2O5/c1-12(26)13-5-6-17-16(9-13)25(19(28)11-29-17)8-7-18(27)24-14-3-2-4-15(10-14)30-20(21,22)23/h2-6,9-10H,7-8,11H2,1H3,(H,24,27). The van der Waals surface area contributed by atoms with Crippen LogP contribution in [0.15, 0.2) is 42.5 Å². The molecule has 7 nitrogen and oxygen atoms in total. The molecule has 3 rings (SSSR count). The Morgan fingerprint density at radius 1 is 1.20 bits per heavy atom. The molecule has 0 atom stereocenters. The quantitative estimate of drug-likeness (QED) is 0.720. The van der Waals surface area contributed by atoms with Gasteiger partial charge in [-0.05, 0) is 37.3 Å². The molecule has 10 heteroatoms. The number of Topliss-reactive ketones (excluding diaryl/α,β-unsaturated/α-hetero) is 1. The van der Waals surface area contributed by atoms with E-state index < -0.39 is 18.0 Å². The van der Waals surface area contributed by atoms with Crippen LogP contribution in [-0.2, 0) is 9.59 Å². The molecule has 2 aromatic rings. The van der Waals surface area contributed by atoms with Gasteiger partial charge in [-0.15, -0.1) is 13.2 Å². The van der Waals surface area contributed by atoms with Gasteiger partial charge in [0, 0.05) is 30.3 Å². The number of rotatable bonds is 6. The Morgan fingerprint density at radius 2 is 1.97 bits per heavy atom. The van der Waals surface area contributed by atoms with E-state index in [1.165, 1.54) is 30.0 Å². The van der Waals surface area contributed by atoms with Gasteiger partial charge in [-0.2, -0.15) is 0 Å². The van der Waals surface area contributed by atoms with Gasteiger partial charge in [0.25, 0.3) is 5.91 Å². The third-order valence-corrected chi connectivity index (χ3v) is 4.22. The highest BCUT2D eigenvalue weighted by atomic mass is 19.4. The van der Waals surface area contributed by atoms with Crippen molar-refractivity contribution in [2.24, 2.45) is 0 Å². The molecule has 1 N–H and O–H groups in total. The number of fused-ring (bicyclic) bond motifs is 1. The molecule has 2 amide bonds. The van der Waals surface area contributed by atoms with Crippen molar-refractivity contribution in [3.8, 4) is 11.5 Å². The van der Waals surface area contributed by atoms with Crippen molar-refractivity contribution in [1.82, 2.24) is 0 Å². The van der Waals surface area contributed by atoms with Gasteiger partial charge >= 0.3 is 6.36 Å². The number of amides is 2. The number of halogens is 3. The first kappa shape index (κ1) is 21.2. The summed E-state index contributed by atoms with van der Waals surface area (Å²) in [5.74, 6) is -1.12. The molecule has 0 fully saturated rings. The summed E-state index contributed by atoms with van der Waals surface area (Å²) in [5, 5.41) is 2.47. The molecule has 30 heavy (non-hydrogen) atoms. The number of hydrogen-bond acceptors (Lipinski definition) is 5. The molecule has 0 spiro atoms. The Labute approximate surface area is 169 Å². The maximum Gasteiger partial charge on any atom is 0.573 e. The van der Waals surface area contributed by atoms with E-state index in [0.717, 1.165) is 12.1 Å². The first-order valence-electron chi connectivity index (χ1n) is 8.86. The molecule has 0 unspecified atom stereocenters. The molecule has 1 heterocycles. The Morgan fingerprint density at radius 3 is 2.67 bits per heavy atom. The Hall–Kier alpha value is -3.56. The Bertz CT molecular complexity index is 991. The van der Waals surface area contributed by atoms with Crippen LogP contribution in [-0.4, -0.2) is 37.1 Å². The fraction of sp³-hybridized carbons (Fsp3) is 0.250. The van der Waals surface area contributed by atoms with Crippen LogP contribution in [0, 0.1) is 0 Å². The highest BCUT2D eigenvalue weighted by molar-refractivity contribution is 6.02. The number of alkyl halides is 3. The number of anilines is 2. The van der Waals surface area contributed by atoms with Gasteiger partial charge in [0.2, 0.25) is 5.91 Å². The zero-order chi connectivity index (χ0) is 21.9. The molecule has 0 saturated heterocycles. The molecular formula is C20H17F3N2O5. The molecule has 0 aliphatic carbocycles. The van der Waals surface area contributed by atoms with Gasteiger partial charge in [-0.1, -0.05) is 6.07 Å². The van der Waals surface area contributed by atoms with Gasteiger partial charge < -0.3 is 19.7 Å². The highest BCUT2D eigenvalue weighted by Gasteiger charge is 2.31. The lowest BCUT2D eigenvalue weighted by atomic mass is 10.1. The molecule has 1 aliphatic rings. The van der Waals surface area contributed by atoms with Crippen LogP contribution in [0.5, 0.6) is 11.5 Å². The van der Waals surface area contributed by atoms with Crippen LogP contribution >= 0.6 is 0 Å². The lowest BCUT2D eigenvalue weighted by Gasteiger charge is -2.29. The third kappa shape index (κ3) is 5.28. The van der Waals surface area contributed by atoms with Crippen molar-refractivity contribution < 1.29 is 37.0 Å². The summed E-state index contributed by atoms with van der Waals surface area (Å²) in [4.78, 5) is 37.5. The number of nitrogens with one attached hydrogen (secondary N) is 1. The number of benzene rings is 2.